The van der Waals surface area contributed by atoms with Crippen LogP contribution in [0.15, 0.2) is 291 Å². The van der Waals surface area contributed by atoms with Crippen molar-refractivity contribution in [2.45, 2.75) is 204 Å². The van der Waals surface area contributed by atoms with Crippen molar-refractivity contribution in [3.8, 4) is 45.6 Å². The van der Waals surface area contributed by atoms with E-state index in [0.717, 1.165) is 115 Å². The second kappa shape index (κ2) is 51.7. The third-order valence-electron chi connectivity index (χ3n) is 24.4. The van der Waals surface area contributed by atoms with Crippen molar-refractivity contribution in [1.29, 1.82) is 0 Å². The maximum atomic E-state index is 11.8. The van der Waals surface area contributed by atoms with E-state index < -0.39 is 28.0 Å². The van der Waals surface area contributed by atoms with E-state index >= 15 is 0 Å². The average Bonchev–Trinajstić information content (AvgIpc) is 1.68. The molecule has 2 N–H and O–H groups in total. The fourth-order valence-electron chi connectivity index (χ4n) is 13.9. The maximum Gasteiger partial charge on any atom is 0.218 e. The first kappa shape index (κ1) is 111. The topological polar surface area (TPSA) is 281 Å². The van der Waals surface area contributed by atoms with E-state index in [-0.39, 0.29) is 67.7 Å². The summed E-state index contributed by atoms with van der Waals surface area (Å²) in [7, 11) is 0. The minimum Gasteiger partial charge on any atom is -0.508 e. The smallest absolute Gasteiger partial charge is 0.218 e. The standard InChI is InChI=1S/C26H29ClN2O4.C23H25ClN2O2.C22H24ClN3O2.2C22H23ClN2O3/c1-18(30)26(2,3)33-17-22-12-25(29(28-22)13-21-7-4-5-10-24(21)27)20-8-6-9-23(11-20)32-16-19-14-31-15-19;1-17(27)23(2,3)28-16-20-14-21(13-18-9-5-4-6-10-18)26(25-20)15-19-11-7-8-12-22(19)24;1-16(27)22(2,3)28-15-19-13-21(24-18-10-5-4-6-11-18)26(25-19)14-17-9-7-8-12-20(17)23;1-15(26)22(2,3)28-14-18-12-21(16-8-6-9-19(27)11-16)25(24-18)13-17-7-4-5-10-20(17)23;1-16(26)22(2,3)27-15-18-13-21(28-19-10-5-4-6-11-19)25(24-18)14-17-9-7-8-12-20(17)23/h4-12,19H,13-17H2,1-3H3;4-12,14H,13,15-16H2,1-3H3;4-13,24H,14-15H2,1-3H3;4-12,27H,13-14H2,1-3H3;4-13H,14-15H2,1-3H3. The first-order valence-corrected chi connectivity index (χ1v) is 49.5. The van der Waals surface area contributed by atoms with Crippen LogP contribution in [-0.2, 0) is 125 Å². The number of carbonyl (C=O) groups excluding carboxylic acids is 5. The van der Waals surface area contributed by atoms with Gasteiger partial charge in [0.25, 0.3) is 0 Å². The van der Waals surface area contributed by atoms with Gasteiger partial charge in [0, 0.05) is 72.1 Å². The molecule has 0 saturated carbocycles. The Morgan fingerprint density at radius 2 is 0.676 bits per heavy atom. The Kier molecular flexibility index (Phi) is 39.5. The quantitative estimate of drug-likeness (QED) is 0.0360. The Labute approximate surface area is 872 Å². The van der Waals surface area contributed by atoms with Crippen molar-refractivity contribution in [2.24, 2.45) is 5.92 Å². The van der Waals surface area contributed by atoms with Crippen LogP contribution in [0.2, 0.25) is 25.1 Å². The molecule has 0 unspecified atom stereocenters. The molecule has 0 bridgehead atoms. The summed E-state index contributed by atoms with van der Waals surface area (Å²) >= 11 is 31.7. The lowest BCUT2D eigenvalue weighted by Gasteiger charge is -2.25. The number of phenols is 1. The predicted molar refractivity (Wildman–Crippen MR) is 569 cm³/mol. The first-order valence-electron chi connectivity index (χ1n) is 47.6. The fourth-order valence-corrected chi connectivity index (χ4v) is 14.9. The van der Waals surface area contributed by atoms with Gasteiger partial charge >= 0.3 is 0 Å². The van der Waals surface area contributed by atoms with Crippen LogP contribution in [0.3, 0.4) is 0 Å². The molecule has 10 aromatic carbocycles. The summed E-state index contributed by atoms with van der Waals surface area (Å²) in [6.07, 6.45) is 0.758. The van der Waals surface area contributed by atoms with Crippen LogP contribution in [-0.4, -0.2) is 131 Å². The molecule has 145 heavy (non-hydrogen) atoms. The van der Waals surface area contributed by atoms with Gasteiger partial charge in [-0.25, -0.2) is 9.36 Å². The number of nitrogens with zero attached hydrogens (tertiary/aromatic N) is 10. The molecule has 0 amide bonds. The Balaban J connectivity index is 0.000000162. The molecule has 1 aliphatic heterocycles. The normalized spacial score (nSPS) is 12.1. The number of benzene rings is 10. The monoisotopic (exact) mass is 2060 g/mol. The number of para-hydroxylation sites is 2. The molecule has 30 heteroatoms. The number of Topliss-reactive ketones (excluding diaryl/α,β-unsaturated/α-hetero) is 5. The Morgan fingerprint density at radius 3 is 1.08 bits per heavy atom. The number of anilines is 2. The molecule has 25 nitrogen and oxygen atoms in total. The Hall–Kier alpha value is -13.0. The number of hydrogen-bond donors (Lipinski definition) is 2. The lowest BCUT2D eigenvalue weighted by atomic mass is 10.1. The van der Waals surface area contributed by atoms with Crippen molar-refractivity contribution in [3.63, 3.8) is 0 Å². The van der Waals surface area contributed by atoms with Crippen LogP contribution in [0.25, 0.3) is 22.5 Å². The van der Waals surface area contributed by atoms with Crippen molar-refractivity contribution in [3.05, 3.63) is 384 Å². The van der Waals surface area contributed by atoms with E-state index in [1.165, 1.54) is 40.2 Å². The number of ether oxygens (including phenoxy) is 8. The molecule has 16 rings (SSSR count). The minimum atomic E-state index is -0.877. The lowest BCUT2D eigenvalue weighted by molar-refractivity contribution is -0.140. The second-order valence-corrected chi connectivity index (χ2v) is 39.6. The molecule has 1 aliphatic rings. The molecule has 1 saturated heterocycles. The highest BCUT2D eigenvalue weighted by Gasteiger charge is 2.32. The Bertz CT molecular complexity index is 6470. The summed E-state index contributed by atoms with van der Waals surface area (Å²) in [5.74, 6) is 3.40. The van der Waals surface area contributed by atoms with Crippen LogP contribution >= 0.6 is 58.0 Å². The zero-order valence-electron chi connectivity index (χ0n) is 84.3. The van der Waals surface area contributed by atoms with Crippen LogP contribution in [0.1, 0.15) is 171 Å². The van der Waals surface area contributed by atoms with E-state index in [4.69, 9.17) is 106 Å². The number of rotatable bonds is 41. The molecule has 5 aromatic heterocycles. The average molecular weight is 2060 g/mol. The van der Waals surface area contributed by atoms with Crippen LogP contribution < -0.4 is 14.8 Å². The van der Waals surface area contributed by atoms with Gasteiger partial charge in [-0.3, -0.25) is 38.0 Å². The lowest BCUT2D eigenvalue weighted by Crippen LogP contribution is -2.32. The van der Waals surface area contributed by atoms with Gasteiger partial charge in [-0.05, 0) is 234 Å². The largest absolute Gasteiger partial charge is 0.508 e. The van der Waals surface area contributed by atoms with E-state index in [1.54, 1.807) is 92.1 Å². The summed E-state index contributed by atoms with van der Waals surface area (Å²) < 4.78 is 55.6. The van der Waals surface area contributed by atoms with Crippen LogP contribution in [0.4, 0.5) is 11.5 Å². The highest BCUT2D eigenvalue weighted by Crippen LogP contribution is 2.35. The molecule has 15 aromatic rings. The number of aromatic nitrogens is 10. The summed E-state index contributed by atoms with van der Waals surface area (Å²) in [5, 5.41) is 40.1. The Morgan fingerprint density at radius 1 is 0.352 bits per heavy atom. The van der Waals surface area contributed by atoms with Gasteiger partial charge < -0.3 is 48.3 Å². The van der Waals surface area contributed by atoms with E-state index in [9.17, 15) is 29.1 Å². The van der Waals surface area contributed by atoms with E-state index in [0.29, 0.717) is 88.4 Å². The summed E-state index contributed by atoms with van der Waals surface area (Å²) in [4.78, 5) is 58.7. The minimum absolute atomic E-state index is 0.00694. The maximum absolute atomic E-state index is 11.8. The molecule has 0 atom stereocenters. The number of phenolic OH excluding ortho intramolecular Hbond substituents is 1. The molecule has 6 heterocycles. The highest BCUT2D eigenvalue weighted by molar-refractivity contribution is 6.32. The van der Waals surface area contributed by atoms with Crippen molar-refractivity contribution in [1.82, 2.24) is 48.9 Å². The van der Waals surface area contributed by atoms with Crippen LogP contribution in [0, 0.1) is 5.92 Å². The van der Waals surface area contributed by atoms with Crippen molar-refractivity contribution < 1.29 is 67.0 Å². The zero-order chi connectivity index (χ0) is 104. The second-order valence-electron chi connectivity index (χ2n) is 37.5. The molecule has 758 valence electrons. The number of ketones is 5. The van der Waals surface area contributed by atoms with Gasteiger partial charge in [0.1, 0.15) is 51.1 Å². The molecular weight excluding hydrogens is 1940 g/mol. The zero-order valence-corrected chi connectivity index (χ0v) is 88.1. The van der Waals surface area contributed by atoms with Gasteiger partial charge in [0.2, 0.25) is 5.88 Å². The van der Waals surface area contributed by atoms with Gasteiger partial charge in [0.15, 0.2) is 28.9 Å². The molecule has 0 radical (unpaired) electrons. The number of nitrogens with one attached hydrogen (secondary N) is 1. The molecule has 0 aliphatic carbocycles. The van der Waals surface area contributed by atoms with Crippen LogP contribution in [0.5, 0.6) is 23.1 Å². The highest BCUT2D eigenvalue weighted by atomic mass is 35.5. The molecule has 0 spiro atoms. The predicted octanol–water partition coefficient (Wildman–Crippen LogP) is 25.5. The molecular formula is C115H124Cl5N11O14. The summed E-state index contributed by atoms with van der Waals surface area (Å²) in [6.45, 7) is 31.1. The SMILES string of the molecule is CC(=O)C(C)(C)OCc1cc(-c2cccc(O)c2)n(Cc2ccccc2Cl)n1.CC(=O)C(C)(C)OCc1cc(-c2cccc(OCC3COC3)c2)n(Cc2ccccc2Cl)n1.CC(=O)C(C)(C)OCc1cc(Cc2ccccc2)n(Cc2ccccc2Cl)n1.CC(=O)C(C)(C)OCc1cc(Nc2ccccc2)n(Cc2ccccc2Cl)n1.CC(=O)C(C)(C)OCc1cc(Oc2ccccc2)n(Cc2ccccc2Cl)n1. The number of halogens is 5. The number of carbonyl (C=O) groups is 5. The van der Waals surface area contributed by atoms with Gasteiger partial charge in [-0.15, -0.1) is 0 Å². The third kappa shape index (κ3) is 33.0. The number of aromatic hydroxyl groups is 1. The fraction of sp³-hybridized carbons (Fsp3) is 0.304. The number of hydrogen-bond acceptors (Lipinski definition) is 20. The van der Waals surface area contributed by atoms with Crippen molar-refractivity contribution in [2.75, 3.05) is 25.1 Å². The summed E-state index contributed by atoms with van der Waals surface area (Å²) in [5.41, 5.74) is 11.0. The third-order valence-corrected chi connectivity index (χ3v) is 26.3. The molecule has 1 fully saturated rings. The van der Waals surface area contributed by atoms with Gasteiger partial charge in [-0.2, -0.15) is 25.5 Å². The van der Waals surface area contributed by atoms with E-state index in [1.807, 2.05) is 280 Å². The first-order chi connectivity index (χ1) is 69.1. The van der Waals surface area contributed by atoms with Gasteiger partial charge in [0.05, 0.1) is 125 Å². The van der Waals surface area contributed by atoms with Crippen molar-refractivity contribution >= 4 is 98.4 Å². The summed E-state index contributed by atoms with van der Waals surface area (Å²) in [6, 6.07) is 92.7. The van der Waals surface area contributed by atoms with E-state index in [2.05, 4.69) is 32.7 Å². The van der Waals surface area contributed by atoms with Gasteiger partial charge in [-0.1, -0.05) is 240 Å².